The smallest absolute Gasteiger partial charge is 0.194 e. The van der Waals surface area contributed by atoms with Crippen molar-refractivity contribution >= 4 is 17.4 Å². The molecule has 0 unspecified atom stereocenters. The first-order valence-electron chi connectivity index (χ1n) is 5.39. The predicted octanol–water partition coefficient (Wildman–Crippen LogP) is 4.18. The quantitative estimate of drug-likeness (QED) is 0.610. The van der Waals surface area contributed by atoms with Gasteiger partial charge in [-0.1, -0.05) is 23.7 Å². The molecule has 0 amide bonds. The van der Waals surface area contributed by atoms with Gasteiger partial charge >= 0.3 is 0 Å². The fourth-order valence-corrected chi connectivity index (χ4v) is 1.73. The van der Waals surface area contributed by atoms with Gasteiger partial charge in [0.05, 0.1) is 0 Å². The van der Waals surface area contributed by atoms with Crippen molar-refractivity contribution in [3.8, 4) is 0 Å². The molecular weight excluding hydrogens is 277 g/mol. The van der Waals surface area contributed by atoms with Crippen LogP contribution in [0.5, 0.6) is 0 Å². The SMILES string of the molecule is O=C(Cc1ccc(Cl)cc1)c1cc(F)c(F)c(F)c1. The molecule has 98 valence electrons. The van der Waals surface area contributed by atoms with Crippen molar-refractivity contribution in [1.82, 2.24) is 0 Å². The zero-order chi connectivity index (χ0) is 14.0. The number of ketones is 1. The molecule has 0 N–H and O–H groups in total. The minimum atomic E-state index is -1.58. The highest BCUT2D eigenvalue weighted by Gasteiger charge is 2.15. The van der Waals surface area contributed by atoms with Gasteiger partial charge in [-0.05, 0) is 29.8 Å². The monoisotopic (exact) mass is 284 g/mol. The molecule has 0 heterocycles. The zero-order valence-corrected chi connectivity index (χ0v) is 10.3. The average molecular weight is 285 g/mol. The van der Waals surface area contributed by atoms with Gasteiger partial charge in [0.15, 0.2) is 23.2 Å². The Hall–Kier alpha value is -1.81. The molecule has 0 aliphatic heterocycles. The summed E-state index contributed by atoms with van der Waals surface area (Å²) in [5.74, 6) is -4.83. The molecule has 0 aromatic heterocycles. The van der Waals surface area contributed by atoms with Crippen LogP contribution < -0.4 is 0 Å². The Morgan fingerprint density at radius 2 is 1.53 bits per heavy atom. The van der Waals surface area contributed by atoms with Crippen molar-refractivity contribution < 1.29 is 18.0 Å². The van der Waals surface area contributed by atoms with E-state index in [4.69, 9.17) is 11.6 Å². The van der Waals surface area contributed by atoms with Gasteiger partial charge in [0.2, 0.25) is 0 Å². The second-order valence-corrected chi connectivity index (χ2v) is 4.42. The van der Waals surface area contributed by atoms with Crippen LogP contribution in [0.1, 0.15) is 15.9 Å². The van der Waals surface area contributed by atoms with Crippen molar-refractivity contribution in [2.45, 2.75) is 6.42 Å². The lowest BCUT2D eigenvalue weighted by Crippen LogP contribution is -2.06. The van der Waals surface area contributed by atoms with Crippen molar-refractivity contribution in [3.05, 3.63) is 70.0 Å². The number of halogens is 4. The first-order valence-corrected chi connectivity index (χ1v) is 5.77. The number of carbonyl (C=O) groups is 1. The van der Waals surface area contributed by atoms with E-state index in [0.717, 1.165) is 0 Å². The molecule has 0 radical (unpaired) electrons. The largest absolute Gasteiger partial charge is 0.294 e. The van der Waals surface area contributed by atoms with E-state index in [9.17, 15) is 18.0 Å². The highest BCUT2D eigenvalue weighted by atomic mass is 35.5. The van der Waals surface area contributed by atoms with Gasteiger partial charge in [-0.25, -0.2) is 13.2 Å². The summed E-state index contributed by atoms with van der Waals surface area (Å²) >= 11 is 5.70. The van der Waals surface area contributed by atoms with Crippen molar-refractivity contribution in [3.63, 3.8) is 0 Å². The summed E-state index contributed by atoms with van der Waals surface area (Å²) in [4.78, 5) is 11.8. The fourth-order valence-electron chi connectivity index (χ4n) is 1.61. The predicted molar refractivity (Wildman–Crippen MR) is 65.8 cm³/mol. The van der Waals surface area contributed by atoms with E-state index in [1.54, 1.807) is 24.3 Å². The molecule has 19 heavy (non-hydrogen) atoms. The maximum absolute atomic E-state index is 13.0. The summed E-state index contributed by atoms with van der Waals surface area (Å²) in [6, 6.07) is 7.87. The molecule has 0 spiro atoms. The molecule has 0 atom stereocenters. The number of carbonyl (C=O) groups excluding carboxylic acids is 1. The van der Waals surface area contributed by atoms with Gasteiger partial charge in [-0.3, -0.25) is 4.79 Å². The van der Waals surface area contributed by atoms with Crippen LogP contribution in [0.25, 0.3) is 0 Å². The maximum atomic E-state index is 13.0. The van der Waals surface area contributed by atoms with Gasteiger partial charge in [0.1, 0.15) is 0 Å². The topological polar surface area (TPSA) is 17.1 Å². The van der Waals surface area contributed by atoms with Crippen LogP contribution in [0, 0.1) is 17.5 Å². The third-order valence-corrected chi connectivity index (χ3v) is 2.84. The summed E-state index contributed by atoms with van der Waals surface area (Å²) in [6.45, 7) is 0. The zero-order valence-electron chi connectivity index (χ0n) is 9.59. The van der Waals surface area contributed by atoms with E-state index in [1.807, 2.05) is 0 Å². The molecule has 0 fully saturated rings. The molecule has 0 aliphatic rings. The summed E-state index contributed by atoms with van der Waals surface area (Å²) in [5.41, 5.74) is 0.450. The summed E-state index contributed by atoms with van der Waals surface area (Å²) in [5, 5.41) is 0.523. The first kappa shape index (κ1) is 13.6. The lowest BCUT2D eigenvalue weighted by atomic mass is 10.0. The van der Waals surface area contributed by atoms with E-state index in [0.29, 0.717) is 22.7 Å². The van der Waals surface area contributed by atoms with Crippen LogP contribution in [-0.4, -0.2) is 5.78 Å². The Kier molecular flexibility index (Phi) is 3.90. The Bertz CT molecular complexity index is 600. The molecule has 2 aromatic rings. The molecule has 1 nitrogen and oxygen atoms in total. The van der Waals surface area contributed by atoms with Gasteiger partial charge in [0, 0.05) is 17.0 Å². The van der Waals surface area contributed by atoms with Crippen LogP contribution in [0.15, 0.2) is 36.4 Å². The third kappa shape index (κ3) is 3.15. The number of benzene rings is 2. The van der Waals surface area contributed by atoms with E-state index in [2.05, 4.69) is 0 Å². The number of rotatable bonds is 3. The summed E-state index contributed by atoms with van der Waals surface area (Å²) < 4.78 is 38.8. The first-order chi connectivity index (χ1) is 8.97. The highest BCUT2D eigenvalue weighted by molar-refractivity contribution is 6.30. The Morgan fingerprint density at radius 1 is 1.00 bits per heavy atom. The van der Waals surface area contributed by atoms with Crippen LogP contribution in [0.2, 0.25) is 5.02 Å². The Balaban J connectivity index is 2.23. The van der Waals surface area contributed by atoms with Crippen LogP contribution in [0.3, 0.4) is 0 Å². The molecule has 0 saturated heterocycles. The summed E-state index contributed by atoms with van der Waals surface area (Å²) in [7, 11) is 0. The number of Topliss-reactive ketones (excluding diaryl/α,β-unsaturated/α-hetero) is 1. The van der Waals surface area contributed by atoms with Crippen molar-refractivity contribution in [1.29, 1.82) is 0 Å². The molecule has 5 heteroatoms. The molecule has 0 saturated carbocycles. The van der Waals surface area contributed by atoms with Gasteiger partial charge in [0.25, 0.3) is 0 Å². The van der Waals surface area contributed by atoms with Crippen molar-refractivity contribution in [2.75, 3.05) is 0 Å². The van der Waals surface area contributed by atoms with Crippen LogP contribution in [-0.2, 0) is 6.42 Å². The van der Waals surface area contributed by atoms with Crippen molar-refractivity contribution in [2.24, 2.45) is 0 Å². The lowest BCUT2D eigenvalue weighted by molar-refractivity contribution is 0.0992. The standard InChI is InChI=1S/C14H8ClF3O/c15-10-3-1-8(2-4-10)5-13(19)9-6-11(16)14(18)12(17)7-9/h1-4,6-7H,5H2. The van der Waals surface area contributed by atoms with E-state index in [-0.39, 0.29) is 12.0 Å². The Labute approximate surface area is 112 Å². The highest BCUT2D eigenvalue weighted by Crippen LogP contribution is 2.16. The average Bonchev–Trinajstić information content (AvgIpc) is 2.38. The molecule has 2 aromatic carbocycles. The van der Waals surface area contributed by atoms with Gasteiger partial charge < -0.3 is 0 Å². The minimum Gasteiger partial charge on any atom is -0.294 e. The second-order valence-electron chi connectivity index (χ2n) is 3.98. The Morgan fingerprint density at radius 3 is 2.05 bits per heavy atom. The van der Waals surface area contributed by atoms with Gasteiger partial charge in [-0.2, -0.15) is 0 Å². The normalized spacial score (nSPS) is 10.5. The third-order valence-electron chi connectivity index (χ3n) is 2.58. The summed E-state index contributed by atoms with van der Waals surface area (Å²) in [6.07, 6.45) is -0.0400. The van der Waals surface area contributed by atoms with E-state index in [1.165, 1.54) is 0 Å². The second kappa shape index (κ2) is 5.45. The van der Waals surface area contributed by atoms with Crippen LogP contribution >= 0.6 is 11.6 Å². The number of hydrogen-bond acceptors (Lipinski definition) is 1. The fraction of sp³-hybridized carbons (Fsp3) is 0.0714. The molecular formula is C14H8ClF3O. The van der Waals surface area contributed by atoms with E-state index >= 15 is 0 Å². The molecule has 0 aliphatic carbocycles. The molecule has 2 rings (SSSR count). The van der Waals surface area contributed by atoms with E-state index < -0.39 is 23.2 Å². The maximum Gasteiger partial charge on any atom is 0.194 e. The lowest BCUT2D eigenvalue weighted by Gasteiger charge is -2.03. The van der Waals surface area contributed by atoms with Gasteiger partial charge in [-0.15, -0.1) is 0 Å². The number of hydrogen-bond donors (Lipinski definition) is 0. The van der Waals surface area contributed by atoms with Crippen LogP contribution in [0.4, 0.5) is 13.2 Å². The molecule has 0 bridgehead atoms. The minimum absolute atomic E-state index is 0.0400.